The molecule has 0 unspecified atom stereocenters. The lowest BCUT2D eigenvalue weighted by atomic mass is 9.98. The summed E-state index contributed by atoms with van der Waals surface area (Å²) in [6.45, 7) is 9.78. The summed E-state index contributed by atoms with van der Waals surface area (Å²) >= 11 is 0. The van der Waals surface area contributed by atoms with Gasteiger partial charge in [-0.3, -0.25) is 0 Å². The van der Waals surface area contributed by atoms with Crippen molar-refractivity contribution in [2.75, 3.05) is 26.2 Å². The Hall–Kier alpha value is -0.920. The van der Waals surface area contributed by atoms with Gasteiger partial charge in [0.2, 0.25) is 0 Å². The molecular formula is C14H26N4O2S. The lowest BCUT2D eigenvalue weighted by molar-refractivity contribution is 0.268. The van der Waals surface area contributed by atoms with E-state index in [0.717, 1.165) is 38.3 Å². The fraction of sp³-hybridized carbons (Fsp3) is 0.786. The second-order valence-corrected chi connectivity index (χ2v) is 7.45. The van der Waals surface area contributed by atoms with Crippen LogP contribution in [-0.4, -0.2) is 48.5 Å². The van der Waals surface area contributed by atoms with E-state index in [1.54, 1.807) is 10.5 Å². The predicted octanol–water partition coefficient (Wildman–Crippen LogP) is 1.22. The summed E-state index contributed by atoms with van der Waals surface area (Å²) in [5.41, 5.74) is 0. The Bertz CT molecular complexity index is 560. The number of piperidine rings is 1. The largest absolute Gasteiger partial charge is 0.334 e. The normalized spacial score (nSPS) is 18.2. The van der Waals surface area contributed by atoms with E-state index >= 15 is 0 Å². The lowest BCUT2D eigenvalue weighted by Gasteiger charge is -2.30. The number of nitrogens with zero attached hydrogens (tertiary/aromatic N) is 3. The zero-order valence-electron chi connectivity index (χ0n) is 13.2. The van der Waals surface area contributed by atoms with E-state index in [1.807, 2.05) is 18.4 Å². The first kappa shape index (κ1) is 16.5. The molecule has 120 valence electrons. The van der Waals surface area contributed by atoms with Crippen LogP contribution in [0.15, 0.2) is 11.2 Å². The smallest absolute Gasteiger partial charge is 0.262 e. The summed E-state index contributed by atoms with van der Waals surface area (Å²) in [5, 5.41) is 3.53. The van der Waals surface area contributed by atoms with Crippen LogP contribution in [0.1, 0.15) is 32.5 Å². The molecule has 6 nitrogen and oxygen atoms in total. The molecule has 0 amide bonds. The highest BCUT2D eigenvalue weighted by Crippen LogP contribution is 2.23. The maximum atomic E-state index is 12.6. The van der Waals surface area contributed by atoms with E-state index in [9.17, 15) is 8.42 Å². The number of aryl methyl sites for hydroxylation is 2. The van der Waals surface area contributed by atoms with Crippen LogP contribution in [0.2, 0.25) is 0 Å². The van der Waals surface area contributed by atoms with Crippen LogP contribution in [0, 0.1) is 12.8 Å². The number of aromatic nitrogens is 2. The fourth-order valence-electron chi connectivity index (χ4n) is 2.76. The molecule has 0 aliphatic carbocycles. The molecule has 21 heavy (non-hydrogen) atoms. The second kappa shape index (κ2) is 6.89. The van der Waals surface area contributed by atoms with Crippen LogP contribution in [0.3, 0.4) is 0 Å². The van der Waals surface area contributed by atoms with Gasteiger partial charge < -0.3 is 9.88 Å². The Morgan fingerprint density at radius 2 is 2.00 bits per heavy atom. The van der Waals surface area contributed by atoms with Crippen molar-refractivity contribution in [2.45, 2.75) is 45.2 Å². The second-order valence-electron chi connectivity index (χ2n) is 5.57. The topological polar surface area (TPSA) is 67.2 Å². The van der Waals surface area contributed by atoms with Gasteiger partial charge in [0.1, 0.15) is 5.82 Å². The van der Waals surface area contributed by atoms with E-state index in [-0.39, 0.29) is 5.03 Å². The summed E-state index contributed by atoms with van der Waals surface area (Å²) in [6.07, 6.45) is 3.48. The van der Waals surface area contributed by atoms with Gasteiger partial charge in [-0.15, -0.1) is 0 Å². The summed E-state index contributed by atoms with van der Waals surface area (Å²) < 4.78 is 28.7. The number of hydrogen-bond donors (Lipinski definition) is 1. The van der Waals surface area contributed by atoms with Gasteiger partial charge in [0.05, 0.1) is 0 Å². The molecule has 0 aromatic carbocycles. The molecule has 7 heteroatoms. The zero-order valence-corrected chi connectivity index (χ0v) is 14.0. The number of sulfonamides is 1. The van der Waals surface area contributed by atoms with Crippen LogP contribution >= 0.6 is 0 Å². The van der Waals surface area contributed by atoms with Crippen LogP contribution in [0.5, 0.6) is 0 Å². The molecule has 1 aromatic heterocycles. The van der Waals surface area contributed by atoms with Crippen LogP contribution < -0.4 is 5.32 Å². The van der Waals surface area contributed by atoms with Crippen molar-refractivity contribution < 1.29 is 8.42 Å². The summed E-state index contributed by atoms with van der Waals surface area (Å²) in [5.74, 6) is 1.32. The Labute approximate surface area is 127 Å². The molecule has 1 aliphatic rings. The van der Waals surface area contributed by atoms with Crippen molar-refractivity contribution in [1.82, 2.24) is 19.2 Å². The van der Waals surface area contributed by atoms with Gasteiger partial charge in [-0.25, -0.2) is 13.4 Å². The van der Waals surface area contributed by atoms with Gasteiger partial charge >= 0.3 is 0 Å². The molecule has 1 fully saturated rings. The van der Waals surface area contributed by atoms with Gasteiger partial charge in [-0.2, -0.15) is 4.31 Å². The van der Waals surface area contributed by atoms with E-state index in [4.69, 9.17) is 0 Å². The van der Waals surface area contributed by atoms with E-state index in [1.165, 1.54) is 0 Å². The van der Waals surface area contributed by atoms with Crippen molar-refractivity contribution in [3.63, 3.8) is 0 Å². The highest BCUT2D eigenvalue weighted by molar-refractivity contribution is 7.89. The van der Waals surface area contributed by atoms with Crippen molar-refractivity contribution in [1.29, 1.82) is 0 Å². The molecule has 0 atom stereocenters. The summed E-state index contributed by atoms with van der Waals surface area (Å²) in [6, 6.07) is 0. The third-order valence-electron chi connectivity index (χ3n) is 4.16. The van der Waals surface area contributed by atoms with Crippen molar-refractivity contribution >= 4 is 10.0 Å². The molecular weight excluding hydrogens is 288 g/mol. The first-order valence-electron chi connectivity index (χ1n) is 7.73. The maximum Gasteiger partial charge on any atom is 0.262 e. The summed E-state index contributed by atoms with van der Waals surface area (Å²) in [4.78, 5) is 4.22. The Morgan fingerprint density at radius 3 is 2.52 bits per heavy atom. The van der Waals surface area contributed by atoms with Gasteiger partial charge in [0.15, 0.2) is 5.03 Å². The fourth-order valence-corrected chi connectivity index (χ4v) is 4.22. The minimum absolute atomic E-state index is 0.187. The molecule has 2 heterocycles. The molecule has 0 saturated carbocycles. The highest BCUT2D eigenvalue weighted by atomic mass is 32.2. The quantitative estimate of drug-likeness (QED) is 0.857. The van der Waals surface area contributed by atoms with E-state index in [0.29, 0.717) is 19.0 Å². The average molecular weight is 314 g/mol. The number of imidazole rings is 1. The minimum atomic E-state index is -3.44. The molecule has 0 bridgehead atoms. The molecule has 0 radical (unpaired) electrons. The molecule has 1 aromatic rings. The number of rotatable bonds is 6. The first-order valence-corrected chi connectivity index (χ1v) is 9.17. The number of nitrogens with one attached hydrogen (secondary N) is 1. The van der Waals surface area contributed by atoms with Crippen LogP contribution in [-0.2, 0) is 16.6 Å². The SMILES string of the molecule is CCNCC1CCN(S(=O)(=O)c2cn(CC)c(C)n2)CC1. The number of hydrogen-bond acceptors (Lipinski definition) is 4. The maximum absolute atomic E-state index is 12.6. The van der Waals surface area contributed by atoms with Crippen LogP contribution in [0.25, 0.3) is 0 Å². The summed E-state index contributed by atoms with van der Waals surface area (Å²) in [7, 11) is -3.44. The van der Waals surface area contributed by atoms with Gasteiger partial charge in [-0.05, 0) is 45.7 Å². The molecule has 0 spiro atoms. The molecule has 1 aliphatic heterocycles. The van der Waals surface area contributed by atoms with Gasteiger partial charge in [0.25, 0.3) is 10.0 Å². The highest BCUT2D eigenvalue weighted by Gasteiger charge is 2.31. The Balaban J connectivity index is 2.04. The van der Waals surface area contributed by atoms with Gasteiger partial charge in [-0.1, -0.05) is 6.92 Å². The monoisotopic (exact) mass is 314 g/mol. The van der Waals surface area contributed by atoms with E-state index in [2.05, 4.69) is 17.2 Å². The third kappa shape index (κ3) is 3.64. The van der Waals surface area contributed by atoms with E-state index < -0.39 is 10.0 Å². The molecule has 1 saturated heterocycles. The van der Waals surface area contributed by atoms with Crippen molar-refractivity contribution in [2.24, 2.45) is 5.92 Å². The van der Waals surface area contributed by atoms with Crippen molar-refractivity contribution in [3.8, 4) is 0 Å². The zero-order chi connectivity index (χ0) is 15.5. The minimum Gasteiger partial charge on any atom is -0.334 e. The Morgan fingerprint density at radius 1 is 1.33 bits per heavy atom. The van der Waals surface area contributed by atoms with Crippen LogP contribution in [0.4, 0.5) is 0 Å². The first-order chi connectivity index (χ1) is 9.98. The Kier molecular flexibility index (Phi) is 5.40. The third-order valence-corrected chi connectivity index (χ3v) is 5.93. The molecule has 1 N–H and O–H groups in total. The average Bonchev–Trinajstić information content (AvgIpc) is 2.87. The lowest BCUT2D eigenvalue weighted by Crippen LogP contribution is -2.40. The van der Waals surface area contributed by atoms with Gasteiger partial charge in [0, 0.05) is 25.8 Å². The van der Waals surface area contributed by atoms with Crippen molar-refractivity contribution in [3.05, 3.63) is 12.0 Å². The standard InChI is InChI=1S/C14H26N4O2S/c1-4-15-10-13-6-8-18(9-7-13)21(19,20)14-11-17(5-2)12(3)16-14/h11,13,15H,4-10H2,1-3H3. The predicted molar refractivity (Wildman–Crippen MR) is 82.7 cm³/mol. The molecule has 2 rings (SSSR count).